The molecule has 3 aliphatic rings. The molecule has 1 saturated carbocycles. The van der Waals surface area contributed by atoms with Crippen LogP contribution in [0.1, 0.15) is 18.4 Å². The monoisotopic (exact) mass is 343 g/mol. The lowest BCUT2D eigenvalue weighted by Gasteiger charge is -2.18. The summed E-state index contributed by atoms with van der Waals surface area (Å²) in [4.78, 5) is 25.6. The summed E-state index contributed by atoms with van der Waals surface area (Å²) in [6.45, 7) is 1.92. The number of likely N-dealkylation sites (tertiary alicyclic amines) is 1. The highest BCUT2D eigenvalue weighted by atomic mass is 16.6. The van der Waals surface area contributed by atoms with E-state index in [2.05, 4.69) is 0 Å². The molecule has 2 atom stereocenters. The summed E-state index contributed by atoms with van der Waals surface area (Å²) in [5, 5.41) is 9.40. The second-order valence-electron chi connectivity index (χ2n) is 6.93. The van der Waals surface area contributed by atoms with Crippen molar-refractivity contribution < 1.29 is 24.2 Å². The molecule has 4 rings (SSSR count). The molecule has 0 bridgehead atoms. The minimum absolute atomic E-state index is 0.101. The topological polar surface area (TPSA) is 76.1 Å². The molecule has 25 heavy (non-hydrogen) atoms. The van der Waals surface area contributed by atoms with E-state index in [-0.39, 0.29) is 11.8 Å². The van der Waals surface area contributed by atoms with Crippen molar-refractivity contribution in [3.05, 3.63) is 29.8 Å². The van der Waals surface area contributed by atoms with Gasteiger partial charge in [0.1, 0.15) is 13.2 Å². The molecule has 1 aromatic rings. The lowest BCUT2D eigenvalue weighted by molar-refractivity contribution is -0.142. The number of carbonyl (C=O) groups is 2. The van der Waals surface area contributed by atoms with E-state index in [4.69, 9.17) is 9.47 Å². The van der Waals surface area contributed by atoms with E-state index in [0.717, 1.165) is 18.4 Å². The standard InChI is InChI=1S/C19H21NO5/c21-18(20-10-14(13-3-4-13)15(11-20)19(22)23)6-2-12-1-5-16-17(9-12)25-8-7-24-16/h1-2,5-6,9,13-15H,3-4,7-8,10-11H2,(H,22,23)/b6-2+/t14-,15+/m1/s1. The van der Waals surface area contributed by atoms with Crippen molar-refractivity contribution in [3.8, 4) is 11.5 Å². The lowest BCUT2D eigenvalue weighted by atomic mass is 9.92. The molecule has 0 spiro atoms. The number of ether oxygens (including phenoxy) is 2. The Balaban J connectivity index is 1.43. The fraction of sp³-hybridized carbons (Fsp3) is 0.474. The summed E-state index contributed by atoms with van der Waals surface area (Å²) in [6, 6.07) is 5.54. The molecule has 1 aliphatic carbocycles. The van der Waals surface area contributed by atoms with E-state index < -0.39 is 11.9 Å². The SMILES string of the molecule is O=C(O)[C@H]1CN(C(=O)/C=C/c2ccc3c(c2)OCCO3)C[C@@H]1C1CC1. The summed E-state index contributed by atoms with van der Waals surface area (Å²) in [6.07, 6.45) is 5.42. The number of rotatable bonds is 4. The summed E-state index contributed by atoms with van der Waals surface area (Å²) >= 11 is 0. The van der Waals surface area contributed by atoms with Gasteiger partial charge in [-0.05, 0) is 48.4 Å². The Morgan fingerprint density at radius 3 is 2.60 bits per heavy atom. The van der Waals surface area contributed by atoms with Crippen LogP contribution < -0.4 is 9.47 Å². The van der Waals surface area contributed by atoms with Gasteiger partial charge in [-0.15, -0.1) is 0 Å². The number of carboxylic acids is 1. The second kappa shape index (κ2) is 6.43. The molecule has 6 nitrogen and oxygen atoms in total. The van der Waals surface area contributed by atoms with Crippen LogP contribution in [0.2, 0.25) is 0 Å². The average molecular weight is 343 g/mol. The quantitative estimate of drug-likeness (QED) is 0.847. The molecule has 6 heteroatoms. The van der Waals surface area contributed by atoms with Gasteiger partial charge in [-0.3, -0.25) is 9.59 Å². The molecule has 0 unspecified atom stereocenters. The third-order valence-electron chi connectivity index (χ3n) is 5.21. The maximum absolute atomic E-state index is 12.5. The van der Waals surface area contributed by atoms with Crippen molar-refractivity contribution in [1.82, 2.24) is 4.90 Å². The minimum Gasteiger partial charge on any atom is -0.486 e. The van der Waals surface area contributed by atoms with Crippen LogP contribution in [-0.4, -0.2) is 48.2 Å². The smallest absolute Gasteiger partial charge is 0.308 e. The highest BCUT2D eigenvalue weighted by Crippen LogP contribution is 2.44. The number of benzene rings is 1. The Morgan fingerprint density at radius 1 is 1.12 bits per heavy atom. The van der Waals surface area contributed by atoms with Gasteiger partial charge in [0.25, 0.3) is 0 Å². The fourth-order valence-corrected chi connectivity index (χ4v) is 3.71. The normalized spacial score (nSPS) is 25.4. The molecular weight excluding hydrogens is 322 g/mol. The molecule has 0 aromatic heterocycles. The molecule has 1 amide bonds. The van der Waals surface area contributed by atoms with Gasteiger partial charge < -0.3 is 19.5 Å². The number of carbonyl (C=O) groups excluding carboxylic acids is 1. The largest absolute Gasteiger partial charge is 0.486 e. The maximum atomic E-state index is 12.5. The fourth-order valence-electron chi connectivity index (χ4n) is 3.71. The van der Waals surface area contributed by atoms with Crippen LogP contribution in [-0.2, 0) is 9.59 Å². The van der Waals surface area contributed by atoms with Crippen molar-refractivity contribution >= 4 is 18.0 Å². The van der Waals surface area contributed by atoms with Crippen LogP contribution in [0.25, 0.3) is 6.08 Å². The van der Waals surface area contributed by atoms with Crippen LogP contribution in [0.4, 0.5) is 0 Å². The van der Waals surface area contributed by atoms with Gasteiger partial charge in [0, 0.05) is 19.2 Å². The number of carboxylic acid groups (broad SMARTS) is 1. The Kier molecular flexibility index (Phi) is 4.11. The molecule has 2 aliphatic heterocycles. The minimum atomic E-state index is -0.789. The van der Waals surface area contributed by atoms with Gasteiger partial charge in [0.15, 0.2) is 11.5 Å². The van der Waals surface area contributed by atoms with Crippen LogP contribution in [0, 0.1) is 17.8 Å². The van der Waals surface area contributed by atoms with Gasteiger partial charge in [0.05, 0.1) is 5.92 Å². The van der Waals surface area contributed by atoms with Crippen LogP contribution in [0.15, 0.2) is 24.3 Å². The first-order chi connectivity index (χ1) is 12.1. The highest BCUT2D eigenvalue weighted by molar-refractivity contribution is 5.92. The van der Waals surface area contributed by atoms with E-state index in [1.165, 1.54) is 6.08 Å². The molecule has 2 fully saturated rings. The van der Waals surface area contributed by atoms with Crippen molar-refractivity contribution in [1.29, 1.82) is 0 Å². The average Bonchev–Trinajstić information content (AvgIpc) is 3.37. The van der Waals surface area contributed by atoms with E-state index in [0.29, 0.717) is 43.7 Å². The Labute approximate surface area is 146 Å². The predicted octanol–water partition coefficient (Wildman–Crippen LogP) is 2.04. The molecule has 1 N–H and O–H groups in total. The Morgan fingerprint density at radius 2 is 1.88 bits per heavy atom. The van der Waals surface area contributed by atoms with Crippen molar-refractivity contribution in [2.24, 2.45) is 17.8 Å². The Bertz CT molecular complexity index is 725. The molecule has 132 valence electrons. The zero-order chi connectivity index (χ0) is 17.4. The first kappa shape index (κ1) is 16.0. The lowest BCUT2D eigenvalue weighted by Crippen LogP contribution is -2.28. The zero-order valence-electron chi connectivity index (χ0n) is 13.9. The van der Waals surface area contributed by atoms with E-state index in [1.54, 1.807) is 11.0 Å². The van der Waals surface area contributed by atoms with Crippen molar-refractivity contribution in [3.63, 3.8) is 0 Å². The first-order valence-corrected chi connectivity index (χ1v) is 8.71. The maximum Gasteiger partial charge on any atom is 0.308 e. The van der Waals surface area contributed by atoms with Gasteiger partial charge in [0.2, 0.25) is 5.91 Å². The summed E-state index contributed by atoms with van der Waals surface area (Å²) < 4.78 is 11.0. The number of hydrogen-bond acceptors (Lipinski definition) is 4. The third kappa shape index (κ3) is 3.34. The number of amides is 1. The van der Waals surface area contributed by atoms with Gasteiger partial charge in [-0.25, -0.2) is 0 Å². The van der Waals surface area contributed by atoms with Gasteiger partial charge in [-0.1, -0.05) is 6.07 Å². The predicted molar refractivity (Wildman–Crippen MR) is 90.4 cm³/mol. The number of fused-ring (bicyclic) bond motifs is 1. The van der Waals surface area contributed by atoms with Crippen molar-refractivity contribution in [2.75, 3.05) is 26.3 Å². The van der Waals surface area contributed by atoms with Crippen LogP contribution in [0.3, 0.4) is 0 Å². The van der Waals surface area contributed by atoms with Gasteiger partial charge in [-0.2, -0.15) is 0 Å². The number of hydrogen-bond donors (Lipinski definition) is 1. The number of nitrogens with zero attached hydrogens (tertiary/aromatic N) is 1. The van der Waals surface area contributed by atoms with E-state index >= 15 is 0 Å². The van der Waals surface area contributed by atoms with Crippen molar-refractivity contribution in [2.45, 2.75) is 12.8 Å². The summed E-state index contributed by atoms with van der Waals surface area (Å²) in [5.74, 6) is 0.615. The second-order valence-corrected chi connectivity index (χ2v) is 6.93. The highest BCUT2D eigenvalue weighted by Gasteiger charge is 2.46. The van der Waals surface area contributed by atoms with Crippen LogP contribution in [0.5, 0.6) is 11.5 Å². The zero-order valence-corrected chi connectivity index (χ0v) is 13.9. The molecule has 2 heterocycles. The summed E-state index contributed by atoms with van der Waals surface area (Å²) in [5.41, 5.74) is 0.852. The molecule has 1 aromatic carbocycles. The first-order valence-electron chi connectivity index (χ1n) is 8.71. The van der Waals surface area contributed by atoms with E-state index in [1.807, 2.05) is 18.2 Å². The number of aliphatic carboxylic acids is 1. The Hall–Kier alpha value is -2.50. The molecular formula is C19H21NO5. The third-order valence-corrected chi connectivity index (χ3v) is 5.21. The molecule has 1 saturated heterocycles. The molecule has 0 radical (unpaired) electrons. The van der Waals surface area contributed by atoms with Gasteiger partial charge >= 0.3 is 5.97 Å². The van der Waals surface area contributed by atoms with E-state index in [9.17, 15) is 14.7 Å². The van der Waals surface area contributed by atoms with Crippen LogP contribution >= 0.6 is 0 Å². The summed E-state index contributed by atoms with van der Waals surface area (Å²) in [7, 11) is 0.